The van der Waals surface area contributed by atoms with E-state index in [2.05, 4.69) is 13.8 Å². The van der Waals surface area contributed by atoms with Crippen molar-refractivity contribution in [3.8, 4) is 23.0 Å². The first-order valence-electron chi connectivity index (χ1n) is 15.2. The van der Waals surface area contributed by atoms with Crippen LogP contribution in [0, 0.1) is 11.8 Å². The molecule has 0 radical (unpaired) electrons. The molecule has 13 heteroatoms. The maximum absolute atomic E-state index is 12.5. The monoisotopic (exact) mass is 678 g/mol. The van der Waals surface area contributed by atoms with Crippen molar-refractivity contribution in [3.05, 3.63) is 47.5 Å². The van der Waals surface area contributed by atoms with Crippen LogP contribution in [0.25, 0.3) is 0 Å². The number of hydrogen-bond donors (Lipinski definition) is 0. The molecule has 0 heterocycles. The highest BCUT2D eigenvalue weighted by Crippen LogP contribution is 2.33. The first-order valence-corrected chi connectivity index (χ1v) is 15.2. The molecule has 0 amide bonds. The Labute approximate surface area is 285 Å². The van der Waals surface area contributed by atoms with Gasteiger partial charge in [0.25, 0.3) is 0 Å². The fourth-order valence-corrected chi connectivity index (χ4v) is 4.49. The maximum Gasteiger partial charge on any atom is 0.325 e. The molecule has 0 unspecified atom stereocenters. The van der Waals surface area contributed by atoms with Crippen molar-refractivity contribution in [1.29, 1.82) is 0 Å². The second kappa shape index (κ2) is 20.0. The summed E-state index contributed by atoms with van der Waals surface area (Å²) in [5, 5.41) is 0. The van der Waals surface area contributed by atoms with Gasteiger partial charge in [0.05, 0.1) is 26.2 Å². The van der Waals surface area contributed by atoms with Crippen LogP contribution in [0.1, 0.15) is 25.0 Å². The number of halogens is 1. The Morgan fingerprint density at radius 2 is 0.745 bits per heavy atom. The van der Waals surface area contributed by atoms with Crippen molar-refractivity contribution in [2.45, 2.75) is 26.7 Å². The highest BCUT2D eigenvalue weighted by atomic mass is 35.5. The van der Waals surface area contributed by atoms with Gasteiger partial charge in [-0.2, -0.15) is 0 Å². The predicted octanol–water partition coefficient (Wildman–Crippen LogP) is 3.03. The van der Waals surface area contributed by atoms with E-state index in [1.807, 2.05) is 12.1 Å². The number of nitrogens with zero attached hydrogens (tertiary/aromatic N) is 4. The number of ether oxygens (including phenoxy) is 4. The summed E-state index contributed by atoms with van der Waals surface area (Å²) in [6.07, 6.45) is 1.33. The lowest BCUT2D eigenvalue weighted by Crippen LogP contribution is -2.27. The molecule has 0 saturated heterocycles. The molecule has 0 aliphatic carbocycles. The molecule has 0 aliphatic rings. The summed E-state index contributed by atoms with van der Waals surface area (Å²) in [4.78, 5) is 56.4. The summed E-state index contributed by atoms with van der Waals surface area (Å²) >= 11 is 0. The van der Waals surface area contributed by atoms with Crippen LogP contribution in [-0.2, 0) is 32.0 Å². The first kappa shape index (κ1) is 41.5. The Morgan fingerprint density at radius 3 is 1.00 bits per heavy atom. The molecule has 2 aromatic rings. The van der Waals surface area contributed by atoms with E-state index in [9.17, 15) is 19.2 Å². The van der Waals surface area contributed by atoms with Crippen molar-refractivity contribution >= 4 is 36.3 Å². The van der Waals surface area contributed by atoms with Crippen LogP contribution in [0.15, 0.2) is 36.4 Å². The number of carbonyl (C=O) groups excluding carboxylic acids is 4. The normalized spacial score (nSPS) is 12.5. The lowest BCUT2D eigenvalue weighted by atomic mass is 9.85. The second-order valence-electron chi connectivity index (χ2n) is 12.8. The van der Waals surface area contributed by atoms with Gasteiger partial charge in [-0.15, -0.1) is 12.4 Å². The van der Waals surface area contributed by atoms with Gasteiger partial charge in [0.1, 0.15) is 0 Å². The van der Waals surface area contributed by atoms with E-state index in [-0.39, 0.29) is 73.4 Å². The van der Waals surface area contributed by atoms with Crippen LogP contribution >= 0.6 is 12.4 Å². The van der Waals surface area contributed by atoms with Crippen molar-refractivity contribution in [2.24, 2.45) is 11.8 Å². The maximum atomic E-state index is 12.5. The van der Waals surface area contributed by atoms with Crippen LogP contribution in [0.3, 0.4) is 0 Å². The van der Waals surface area contributed by atoms with E-state index in [0.29, 0.717) is 12.8 Å². The SMILES string of the molecule is C[C@H](Cc1ccc(OC(=O)CN(C)C)c(OC(=O)CN(C)C)c1)[C@@H](C)Cc1ccc(OC(=O)CN(C)C)c(OC(=O)CN(C)C)c1.Cl. The molecule has 0 aromatic heterocycles. The molecule has 2 rings (SSSR count). The number of carbonyl (C=O) groups is 4. The minimum Gasteiger partial charge on any atom is -0.422 e. The van der Waals surface area contributed by atoms with Gasteiger partial charge in [0, 0.05) is 0 Å². The first-order chi connectivity index (χ1) is 21.5. The zero-order valence-electron chi connectivity index (χ0n) is 29.3. The average Bonchev–Trinajstić information content (AvgIpc) is 2.89. The number of benzene rings is 2. The highest BCUT2D eigenvalue weighted by Gasteiger charge is 2.21. The van der Waals surface area contributed by atoms with Gasteiger partial charge in [-0.3, -0.25) is 38.8 Å². The Hall–Kier alpha value is -3.55. The summed E-state index contributed by atoms with van der Waals surface area (Å²) in [7, 11) is 14.1. The number of rotatable bonds is 17. The molecule has 12 nitrogen and oxygen atoms in total. The molecule has 0 N–H and O–H groups in total. The lowest BCUT2D eigenvalue weighted by molar-refractivity contribution is -0.137. The minimum atomic E-state index is -0.466. The molecule has 47 heavy (non-hydrogen) atoms. The predicted molar refractivity (Wildman–Crippen MR) is 183 cm³/mol. The van der Waals surface area contributed by atoms with Crippen LogP contribution in [-0.4, -0.2) is 126 Å². The van der Waals surface area contributed by atoms with E-state index in [1.165, 1.54) is 0 Å². The smallest absolute Gasteiger partial charge is 0.325 e. The topological polar surface area (TPSA) is 118 Å². The molecule has 0 aliphatic heterocycles. The van der Waals surface area contributed by atoms with E-state index >= 15 is 0 Å². The van der Waals surface area contributed by atoms with Gasteiger partial charge in [-0.05, 0) is 116 Å². The standard InChI is InChI=1S/C34H50N4O8.ClH/c1-23(15-25-11-13-27(43-31(39)19-35(3)4)29(17-25)45-33(41)21-37(7)8)24(2)16-26-12-14-28(44-32(40)20-36(5)6)30(18-26)46-34(42)22-38(9)10;/h11-14,17-18,23-24H,15-16,19-22H2,1-10H3;1H/t23-,24+;. The van der Waals surface area contributed by atoms with Crippen LogP contribution < -0.4 is 18.9 Å². The summed E-state index contributed by atoms with van der Waals surface area (Å²) in [5.41, 5.74) is 1.83. The number of esters is 4. The van der Waals surface area contributed by atoms with Crippen molar-refractivity contribution in [3.63, 3.8) is 0 Å². The molecule has 262 valence electrons. The second-order valence-corrected chi connectivity index (χ2v) is 12.8. The third-order valence-corrected chi connectivity index (χ3v) is 6.78. The Kier molecular flexibility index (Phi) is 17.6. The molecule has 0 spiro atoms. The zero-order valence-corrected chi connectivity index (χ0v) is 30.1. The van der Waals surface area contributed by atoms with Gasteiger partial charge in [-0.1, -0.05) is 26.0 Å². The minimum absolute atomic E-state index is 0. The van der Waals surface area contributed by atoms with Gasteiger partial charge < -0.3 is 18.9 Å². The Morgan fingerprint density at radius 1 is 0.489 bits per heavy atom. The molecule has 2 aromatic carbocycles. The van der Waals surface area contributed by atoms with E-state index in [4.69, 9.17) is 18.9 Å². The Balaban J connectivity index is 0.0000110. The number of likely N-dealkylation sites (N-methyl/N-ethyl adjacent to an activating group) is 4. The van der Waals surface area contributed by atoms with Crippen molar-refractivity contribution in [2.75, 3.05) is 82.6 Å². The van der Waals surface area contributed by atoms with Crippen molar-refractivity contribution < 1.29 is 38.1 Å². The summed E-state index contributed by atoms with van der Waals surface area (Å²) in [5.74, 6) is -0.728. The fraction of sp³-hybridized carbons (Fsp3) is 0.529. The zero-order chi connectivity index (χ0) is 34.6. The fourth-order valence-electron chi connectivity index (χ4n) is 4.49. The van der Waals surface area contributed by atoms with Crippen LogP contribution in [0.4, 0.5) is 0 Å². The largest absolute Gasteiger partial charge is 0.422 e. The van der Waals surface area contributed by atoms with Gasteiger partial charge in [-0.25, -0.2) is 0 Å². The van der Waals surface area contributed by atoms with Crippen molar-refractivity contribution in [1.82, 2.24) is 19.6 Å². The van der Waals surface area contributed by atoms with Gasteiger partial charge in [0.15, 0.2) is 23.0 Å². The van der Waals surface area contributed by atoms with E-state index in [1.54, 1.807) is 100 Å². The van der Waals surface area contributed by atoms with Crippen LogP contribution in [0.2, 0.25) is 0 Å². The molecular formula is C34H51ClN4O8. The average molecular weight is 679 g/mol. The highest BCUT2D eigenvalue weighted by molar-refractivity contribution is 5.85. The molecule has 0 bridgehead atoms. The van der Waals surface area contributed by atoms with E-state index in [0.717, 1.165) is 11.1 Å². The molecule has 2 atom stereocenters. The summed E-state index contributed by atoms with van der Waals surface area (Å²) < 4.78 is 22.3. The third kappa shape index (κ3) is 15.7. The summed E-state index contributed by atoms with van der Waals surface area (Å²) in [6.45, 7) is 4.56. The van der Waals surface area contributed by atoms with Gasteiger partial charge >= 0.3 is 23.9 Å². The van der Waals surface area contributed by atoms with Gasteiger partial charge in [0.2, 0.25) is 0 Å². The molecular weight excluding hydrogens is 628 g/mol. The quantitative estimate of drug-likeness (QED) is 0.181. The molecule has 0 saturated carbocycles. The van der Waals surface area contributed by atoms with E-state index < -0.39 is 23.9 Å². The lowest BCUT2D eigenvalue weighted by Gasteiger charge is -2.22. The third-order valence-electron chi connectivity index (χ3n) is 6.78. The summed E-state index contributed by atoms with van der Waals surface area (Å²) in [6, 6.07) is 10.5. The number of hydrogen-bond acceptors (Lipinski definition) is 12. The van der Waals surface area contributed by atoms with Crippen LogP contribution in [0.5, 0.6) is 23.0 Å². The Bertz CT molecular complexity index is 1250. The molecule has 0 fully saturated rings.